The molecule has 8 rings (SSSR count). The molecule has 3 aromatic rings. The molecular formula is C55H94N6O6. The highest BCUT2D eigenvalue weighted by Crippen LogP contribution is 2.65. The summed E-state index contributed by atoms with van der Waals surface area (Å²) in [6.45, 7) is 21.1. The Bertz CT molecular complexity index is 1770. The van der Waals surface area contributed by atoms with Crippen molar-refractivity contribution in [3.05, 3.63) is 107 Å². The summed E-state index contributed by atoms with van der Waals surface area (Å²) < 4.78 is 0. The average molecular weight is 935 g/mol. The molecule has 2 heterocycles. The van der Waals surface area contributed by atoms with E-state index in [4.69, 9.17) is 5.11 Å². The second kappa shape index (κ2) is 28.1. The number of rotatable bonds is 11. The van der Waals surface area contributed by atoms with Crippen LogP contribution in [0.25, 0.3) is 0 Å². The molecule has 4 fully saturated rings. The van der Waals surface area contributed by atoms with Gasteiger partial charge in [-0.05, 0) is 134 Å². The highest BCUT2D eigenvalue weighted by molar-refractivity contribution is 5.36. The second-order valence-corrected chi connectivity index (χ2v) is 21.0. The minimum absolute atomic E-state index is 0.0809. The normalized spacial score (nSPS) is 28.3. The molecule has 2 bridgehead atoms. The fraction of sp³-hybridized carbons (Fsp3) is 0.673. The number of nitrogens with one attached hydrogen (secondary N) is 6. The van der Waals surface area contributed by atoms with Crippen molar-refractivity contribution in [1.29, 1.82) is 0 Å². The number of likely N-dealkylation sites (N-methyl/N-ethyl adjacent to an activating group) is 3. The van der Waals surface area contributed by atoms with Crippen LogP contribution < -0.4 is 31.9 Å². The molecule has 0 radical (unpaired) electrons. The van der Waals surface area contributed by atoms with Gasteiger partial charge in [0.25, 0.3) is 0 Å². The number of aliphatic hydroxyl groups excluding tert-OH is 5. The molecule has 5 unspecified atom stereocenters. The first-order valence-corrected chi connectivity index (χ1v) is 25.2. The van der Waals surface area contributed by atoms with E-state index in [1.807, 2.05) is 122 Å². The van der Waals surface area contributed by atoms with Crippen LogP contribution in [0.5, 0.6) is 0 Å². The summed E-state index contributed by atoms with van der Waals surface area (Å²) >= 11 is 0. The van der Waals surface area contributed by atoms with Crippen LogP contribution in [-0.4, -0.2) is 126 Å². The molecular weight excluding hydrogens is 841 g/mol. The molecule has 0 amide bonds. The van der Waals surface area contributed by atoms with Crippen LogP contribution in [0.15, 0.2) is 84.9 Å². The second-order valence-electron chi connectivity index (χ2n) is 21.0. The lowest BCUT2D eigenvalue weighted by Crippen LogP contribution is -2.45. The standard InChI is InChI=1S/C12H19NO.C11H21NO.C10H13NO.C10H15NO.C7H15NO.C5H11NO/c1-9(2)13-10(3)12(14)11-7-5-4-6-8-11;1-10(2)7-5-6-11(10,3)9(13)8(7)12-4;1-11-10-8-5-3-2-4-7(8)6-9(10)12;1-8(11-2)10(12)9-6-4-3-5-7-9;1-7(2,9)6-4-3-5-8-6;7-4-5-2-1-3-6-5/h4-10,12-14H,1-3H3;7-9,12-13H,5-6H2,1-4H3;2-5,9-12H,6H2,1H3;3-8,10-12H,1-2H3;6,8-9H,3-5H2,1-2H3;5-7H,1-4H2/t10-,12-;7?,8?,9-,11?;9-,10+;8-,10-;;/m1111../s1. The average Bonchev–Trinajstić information content (AvgIpc) is 4.17. The molecule has 12 nitrogen and oxygen atoms in total. The van der Waals surface area contributed by atoms with E-state index in [-0.39, 0.29) is 35.7 Å². The Morgan fingerprint density at radius 2 is 1.25 bits per heavy atom. The van der Waals surface area contributed by atoms with Gasteiger partial charge in [-0.2, -0.15) is 0 Å². The first kappa shape index (κ1) is 58.5. The summed E-state index contributed by atoms with van der Waals surface area (Å²) in [6, 6.07) is 29.3. The number of fused-ring (bicyclic) bond motifs is 3. The summed E-state index contributed by atoms with van der Waals surface area (Å²) in [5, 5.41) is 76.6. The zero-order chi connectivity index (χ0) is 50.0. The van der Waals surface area contributed by atoms with E-state index >= 15 is 0 Å². The molecule has 5 aliphatic rings. The Morgan fingerprint density at radius 1 is 0.716 bits per heavy atom. The van der Waals surface area contributed by atoms with Crippen LogP contribution in [0.3, 0.4) is 0 Å². The van der Waals surface area contributed by atoms with Crippen molar-refractivity contribution < 1.29 is 30.6 Å². The molecule has 67 heavy (non-hydrogen) atoms. The fourth-order valence-corrected chi connectivity index (χ4v) is 10.5. The molecule has 2 saturated heterocycles. The van der Waals surface area contributed by atoms with Crippen molar-refractivity contribution in [1.82, 2.24) is 31.9 Å². The van der Waals surface area contributed by atoms with E-state index in [0.29, 0.717) is 42.1 Å². The largest absolute Gasteiger partial charge is 0.395 e. The lowest BCUT2D eigenvalue weighted by atomic mass is 9.70. The smallest absolute Gasteiger partial charge is 0.0940 e. The van der Waals surface area contributed by atoms with E-state index in [2.05, 4.69) is 78.7 Å². The summed E-state index contributed by atoms with van der Waals surface area (Å²) in [5.41, 5.74) is 4.33. The summed E-state index contributed by atoms with van der Waals surface area (Å²) in [5.74, 6) is 0.650. The number of aliphatic hydroxyl groups is 6. The van der Waals surface area contributed by atoms with Crippen molar-refractivity contribution in [2.24, 2.45) is 16.7 Å². The molecule has 12 N–H and O–H groups in total. The predicted octanol–water partition coefficient (Wildman–Crippen LogP) is 5.93. The number of hydrogen-bond donors (Lipinski definition) is 12. The van der Waals surface area contributed by atoms with Crippen molar-refractivity contribution in [2.45, 2.75) is 180 Å². The van der Waals surface area contributed by atoms with Crippen molar-refractivity contribution in [3.8, 4) is 0 Å². The summed E-state index contributed by atoms with van der Waals surface area (Å²) in [6.07, 6.45) is 6.66. The molecule has 3 aliphatic carbocycles. The van der Waals surface area contributed by atoms with Gasteiger partial charge in [0.15, 0.2) is 0 Å². The number of hydrogen-bond acceptors (Lipinski definition) is 12. The van der Waals surface area contributed by atoms with Crippen LogP contribution >= 0.6 is 0 Å². The minimum atomic E-state index is -0.531. The Labute approximate surface area is 405 Å². The van der Waals surface area contributed by atoms with Crippen molar-refractivity contribution in [3.63, 3.8) is 0 Å². The van der Waals surface area contributed by atoms with E-state index in [9.17, 15) is 25.5 Å². The Morgan fingerprint density at radius 3 is 1.64 bits per heavy atom. The van der Waals surface area contributed by atoms with Gasteiger partial charge in [0.05, 0.1) is 42.7 Å². The van der Waals surface area contributed by atoms with Gasteiger partial charge in [0.2, 0.25) is 0 Å². The molecule has 12 heteroatoms. The third kappa shape index (κ3) is 16.6. The summed E-state index contributed by atoms with van der Waals surface area (Å²) in [7, 11) is 5.70. The SMILES string of the molecule is CC(C)(O)C1CCCN1.CC(C)N[C@H](C)[C@@H](O)c1ccccc1.CNC1C2CCC(C)([C@@H]1O)C2(C)C.CN[C@H](C)[C@@H](O)c1ccccc1.CN[C@H]1c2ccccc2C[C@H]1O.OCC1CCCN1. The molecule has 380 valence electrons. The van der Waals surface area contributed by atoms with E-state index < -0.39 is 17.8 Å². The van der Waals surface area contributed by atoms with Crippen LogP contribution in [0, 0.1) is 16.7 Å². The van der Waals surface area contributed by atoms with E-state index in [1.54, 1.807) is 0 Å². The Balaban J connectivity index is 0.000000216. The predicted molar refractivity (Wildman–Crippen MR) is 276 cm³/mol. The van der Waals surface area contributed by atoms with Gasteiger partial charge in [-0.15, -0.1) is 0 Å². The van der Waals surface area contributed by atoms with Gasteiger partial charge in [0.1, 0.15) is 0 Å². The maximum Gasteiger partial charge on any atom is 0.0940 e. The van der Waals surface area contributed by atoms with Crippen molar-refractivity contribution in [2.75, 3.05) is 40.8 Å². The van der Waals surface area contributed by atoms with Gasteiger partial charge >= 0.3 is 0 Å². The maximum absolute atomic E-state index is 10.2. The van der Waals surface area contributed by atoms with Gasteiger partial charge in [-0.3, -0.25) is 0 Å². The zero-order valence-corrected chi connectivity index (χ0v) is 43.3. The molecule has 0 spiro atoms. The van der Waals surface area contributed by atoms with Crippen LogP contribution in [0.1, 0.15) is 141 Å². The highest BCUT2D eigenvalue weighted by atomic mass is 16.3. The van der Waals surface area contributed by atoms with Gasteiger partial charge in [0, 0.05) is 48.1 Å². The first-order valence-electron chi connectivity index (χ1n) is 25.2. The maximum atomic E-state index is 10.2. The van der Waals surface area contributed by atoms with Crippen LogP contribution in [0.4, 0.5) is 0 Å². The van der Waals surface area contributed by atoms with Crippen LogP contribution in [0.2, 0.25) is 0 Å². The lowest BCUT2D eigenvalue weighted by Gasteiger charge is -2.37. The topological polar surface area (TPSA) is 194 Å². The Kier molecular flexibility index (Phi) is 24.6. The first-order chi connectivity index (χ1) is 31.7. The van der Waals surface area contributed by atoms with Crippen molar-refractivity contribution >= 4 is 0 Å². The number of benzene rings is 3. The molecule has 2 saturated carbocycles. The third-order valence-corrected chi connectivity index (χ3v) is 15.2. The summed E-state index contributed by atoms with van der Waals surface area (Å²) in [4.78, 5) is 0. The highest BCUT2D eigenvalue weighted by Gasteiger charge is 2.65. The fourth-order valence-electron chi connectivity index (χ4n) is 10.5. The Hall–Kier alpha value is -2.82. The van der Waals surface area contributed by atoms with Gasteiger partial charge in [-0.25, -0.2) is 0 Å². The van der Waals surface area contributed by atoms with Crippen LogP contribution in [-0.2, 0) is 6.42 Å². The minimum Gasteiger partial charge on any atom is -0.395 e. The molecule has 0 aromatic heterocycles. The molecule has 2 aliphatic heterocycles. The zero-order valence-electron chi connectivity index (χ0n) is 43.3. The van der Waals surface area contributed by atoms with E-state index in [1.165, 1.54) is 36.8 Å². The third-order valence-electron chi connectivity index (χ3n) is 15.2. The molecule has 12 atom stereocenters. The quantitative estimate of drug-likeness (QED) is 0.109. The van der Waals surface area contributed by atoms with Gasteiger partial charge in [-0.1, -0.05) is 120 Å². The molecule has 3 aromatic carbocycles. The lowest BCUT2D eigenvalue weighted by molar-refractivity contribution is 0.00129. The monoisotopic (exact) mass is 935 g/mol. The van der Waals surface area contributed by atoms with E-state index in [0.717, 1.165) is 43.5 Å². The van der Waals surface area contributed by atoms with Gasteiger partial charge < -0.3 is 62.5 Å².